The second-order valence-corrected chi connectivity index (χ2v) is 6.76. The van der Waals surface area contributed by atoms with Crippen molar-refractivity contribution in [3.05, 3.63) is 90.5 Å². The summed E-state index contributed by atoms with van der Waals surface area (Å²) in [7, 11) is -3.64. The first-order valence-corrected chi connectivity index (χ1v) is 8.48. The first-order valence-electron chi connectivity index (χ1n) is 7.00. The average molecular weight is 322 g/mol. The van der Waals surface area contributed by atoms with Crippen LogP contribution >= 0.6 is 0 Å². The predicted molar refractivity (Wildman–Crippen MR) is 90.0 cm³/mol. The topological polar surface area (TPSA) is 59.9 Å². The van der Waals surface area contributed by atoms with E-state index in [9.17, 15) is 8.42 Å². The summed E-state index contributed by atoms with van der Waals surface area (Å²) in [5, 5.41) is 0. The van der Waals surface area contributed by atoms with Crippen LogP contribution < -0.4 is 0 Å². The third-order valence-electron chi connectivity index (χ3n) is 3.31. The lowest BCUT2D eigenvalue weighted by atomic mass is 10.2. The van der Waals surface area contributed by atoms with Gasteiger partial charge in [-0.3, -0.25) is 9.97 Å². The van der Waals surface area contributed by atoms with E-state index in [0.29, 0.717) is 5.56 Å². The summed E-state index contributed by atoms with van der Waals surface area (Å²) in [5.74, 6) is 0. The molecule has 23 heavy (non-hydrogen) atoms. The molecule has 1 aromatic carbocycles. The van der Waals surface area contributed by atoms with E-state index < -0.39 is 9.84 Å². The van der Waals surface area contributed by atoms with Gasteiger partial charge in [0.1, 0.15) is 0 Å². The molecule has 0 radical (unpaired) electrons. The summed E-state index contributed by atoms with van der Waals surface area (Å²) in [6, 6.07) is 15.3. The summed E-state index contributed by atoms with van der Waals surface area (Å²) >= 11 is 0. The highest BCUT2D eigenvalue weighted by molar-refractivity contribution is 8.00. The second kappa shape index (κ2) is 6.54. The van der Waals surface area contributed by atoms with Crippen LogP contribution in [-0.2, 0) is 9.84 Å². The quantitative estimate of drug-likeness (QED) is 0.738. The maximum absolute atomic E-state index is 13.0. The molecule has 2 heterocycles. The van der Waals surface area contributed by atoms with Crippen molar-refractivity contribution in [1.29, 1.82) is 0 Å². The number of pyridine rings is 2. The van der Waals surface area contributed by atoms with Crippen molar-refractivity contribution < 1.29 is 8.42 Å². The van der Waals surface area contributed by atoms with Crippen LogP contribution in [0.25, 0.3) is 11.0 Å². The van der Waals surface area contributed by atoms with Crippen molar-refractivity contribution in [2.24, 2.45) is 0 Å². The van der Waals surface area contributed by atoms with Crippen LogP contribution in [-0.4, -0.2) is 18.4 Å². The van der Waals surface area contributed by atoms with Gasteiger partial charge in [-0.2, -0.15) is 0 Å². The number of hydrogen-bond acceptors (Lipinski definition) is 4. The third-order valence-corrected chi connectivity index (χ3v) is 5.14. The molecule has 0 unspecified atom stereocenters. The molecule has 0 atom stereocenters. The van der Waals surface area contributed by atoms with Crippen LogP contribution in [0.15, 0.2) is 84.3 Å². The van der Waals surface area contributed by atoms with Crippen molar-refractivity contribution in [3.8, 4) is 0 Å². The highest BCUT2D eigenvalue weighted by Gasteiger charge is 2.22. The Morgan fingerprint density at radius 1 is 0.783 bits per heavy atom. The van der Waals surface area contributed by atoms with E-state index in [2.05, 4.69) is 9.97 Å². The molecule has 0 saturated carbocycles. The van der Waals surface area contributed by atoms with Gasteiger partial charge in [0.2, 0.25) is 9.84 Å². The molecule has 0 fully saturated rings. The molecule has 0 bridgehead atoms. The number of aromatic nitrogens is 2. The van der Waals surface area contributed by atoms with Crippen molar-refractivity contribution >= 4 is 20.8 Å². The van der Waals surface area contributed by atoms with Gasteiger partial charge in [0.05, 0.1) is 9.80 Å². The van der Waals surface area contributed by atoms with Crippen LogP contribution in [0.3, 0.4) is 0 Å². The van der Waals surface area contributed by atoms with Gasteiger partial charge in [0.15, 0.2) is 0 Å². The smallest absolute Gasteiger partial charge is 0.207 e. The predicted octanol–water partition coefficient (Wildman–Crippen LogP) is 3.45. The van der Waals surface area contributed by atoms with E-state index in [1.807, 2.05) is 0 Å². The van der Waals surface area contributed by atoms with Gasteiger partial charge in [-0.05, 0) is 53.6 Å². The number of rotatable bonds is 4. The zero-order valence-corrected chi connectivity index (χ0v) is 13.0. The van der Waals surface area contributed by atoms with Gasteiger partial charge < -0.3 is 0 Å². The van der Waals surface area contributed by atoms with E-state index in [0.717, 1.165) is 5.56 Å². The van der Waals surface area contributed by atoms with E-state index >= 15 is 0 Å². The number of hydrogen-bond donors (Lipinski definition) is 0. The van der Waals surface area contributed by atoms with Gasteiger partial charge >= 0.3 is 0 Å². The summed E-state index contributed by atoms with van der Waals surface area (Å²) in [6.45, 7) is 0. The fraction of sp³-hybridized carbons (Fsp3) is 0. The lowest BCUT2D eigenvalue weighted by Gasteiger charge is -2.10. The highest BCUT2D eigenvalue weighted by Crippen LogP contribution is 2.29. The molecule has 0 amide bonds. The van der Waals surface area contributed by atoms with Crippen LogP contribution in [0.2, 0.25) is 0 Å². The molecule has 0 N–H and O–H groups in total. The number of benzene rings is 1. The first-order chi connectivity index (χ1) is 11.2. The van der Waals surface area contributed by atoms with Gasteiger partial charge in [-0.15, -0.1) is 0 Å². The molecule has 4 nitrogen and oxygen atoms in total. The summed E-state index contributed by atoms with van der Waals surface area (Å²) in [4.78, 5) is 8.41. The third kappa shape index (κ3) is 3.35. The Kier molecular flexibility index (Phi) is 4.30. The Morgan fingerprint density at radius 3 is 1.96 bits per heavy atom. The Balaban J connectivity index is 2.19. The Labute approximate surface area is 135 Å². The van der Waals surface area contributed by atoms with Crippen molar-refractivity contribution in [1.82, 2.24) is 9.97 Å². The van der Waals surface area contributed by atoms with Crippen LogP contribution in [0.1, 0.15) is 11.1 Å². The maximum atomic E-state index is 13.0. The van der Waals surface area contributed by atoms with Gasteiger partial charge in [0.25, 0.3) is 0 Å². The fourth-order valence-electron chi connectivity index (χ4n) is 2.17. The molecule has 3 rings (SSSR count). The van der Waals surface area contributed by atoms with E-state index in [-0.39, 0.29) is 9.80 Å². The maximum Gasteiger partial charge on any atom is 0.207 e. The van der Waals surface area contributed by atoms with Gasteiger partial charge in [0, 0.05) is 24.8 Å². The van der Waals surface area contributed by atoms with E-state index in [1.165, 1.54) is 0 Å². The molecule has 0 saturated heterocycles. The SMILES string of the molecule is O=S(=O)(/C(=C\c1ccncc1)c1ccncc1)c1ccccc1. The minimum Gasteiger partial charge on any atom is -0.265 e. The van der Waals surface area contributed by atoms with Crippen LogP contribution in [0.4, 0.5) is 0 Å². The van der Waals surface area contributed by atoms with Crippen molar-refractivity contribution in [3.63, 3.8) is 0 Å². The fourth-order valence-corrected chi connectivity index (χ4v) is 3.68. The van der Waals surface area contributed by atoms with E-state index in [4.69, 9.17) is 0 Å². The molecule has 114 valence electrons. The molecule has 0 spiro atoms. The van der Waals surface area contributed by atoms with E-state index in [1.54, 1.807) is 85.5 Å². The lowest BCUT2D eigenvalue weighted by molar-refractivity contribution is 0.606. The van der Waals surface area contributed by atoms with Gasteiger partial charge in [-0.25, -0.2) is 8.42 Å². The lowest BCUT2D eigenvalue weighted by Crippen LogP contribution is -2.04. The normalized spacial score (nSPS) is 12.1. The molecule has 0 aliphatic heterocycles. The Hall–Kier alpha value is -2.79. The number of nitrogens with zero attached hydrogens (tertiary/aromatic N) is 2. The highest BCUT2D eigenvalue weighted by atomic mass is 32.2. The van der Waals surface area contributed by atoms with Crippen LogP contribution in [0.5, 0.6) is 0 Å². The van der Waals surface area contributed by atoms with Crippen molar-refractivity contribution in [2.75, 3.05) is 0 Å². The first kappa shape index (κ1) is 15.1. The zero-order chi connectivity index (χ0) is 16.1. The Bertz CT molecular complexity index is 907. The summed E-state index contributed by atoms with van der Waals surface area (Å²) < 4.78 is 26.1. The minimum absolute atomic E-state index is 0.234. The van der Waals surface area contributed by atoms with Crippen LogP contribution in [0, 0.1) is 0 Å². The summed E-state index contributed by atoms with van der Waals surface area (Å²) in [5.41, 5.74) is 1.37. The monoisotopic (exact) mass is 322 g/mol. The standard InChI is InChI=1S/C18H14N2O2S/c21-23(22,17-4-2-1-3-5-17)18(16-8-12-20-13-9-16)14-15-6-10-19-11-7-15/h1-14H/b18-14-. The molecule has 0 aliphatic rings. The van der Waals surface area contributed by atoms with Gasteiger partial charge in [-0.1, -0.05) is 18.2 Å². The number of sulfone groups is 1. The zero-order valence-electron chi connectivity index (χ0n) is 12.2. The molecular formula is C18H14N2O2S. The molecule has 0 aliphatic carbocycles. The minimum atomic E-state index is -3.64. The summed E-state index contributed by atoms with van der Waals surface area (Å²) in [6.07, 6.45) is 8.07. The Morgan fingerprint density at radius 2 is 1.35 bits per heavy atom. The largest absolute Gasteiger partial charge is 0.265 e. The molecule has 5 heteroatoms. The average Bonchev–Trinajstić information content (AvgIpc) is 2.62. The molecular weight excluding hydrogens is 308 g/mol. The van der Waals surface area contributed by atoms with Crippen molar-refractivity contribution in [2.45, 2.75) is 4.90 Å². The molecule has 2 aromatic heterocycles. The second-order valence-electron chi connectivity index (χ2n) is 4.84. The molecule has 3 aromatic rings.